The molecule has 0 spiro atoms. The van der Waals surface area contributed by atoms with Crippen LogP contribution in [0.5, 0.6) is 5.75 Å². The number of hydrogen-bond donors (Lipinski definition) is 0. The first-order valence-electron chi connectivity index (χ1n) is 6.86. The third-order valence-corrected chi connectivity index (χ3v) is 4.12. The van der Waals surface area contributed by atoms with E-state index in [1.165, 1.54) is 0 Å². The Morgan fingerprint density at radius 3 is 2.43 bits per heavy atom. The molecule has 0 amide bonds. The average Bonchev–Trinajstić information content (AvgIpc) is 3.31. The van der Waals surface area contributed by atoms with Gasteiger partial charge in [-0.25, -0.2) is 0 Å². The van der Waals surface area contributed by atoms with E-state index in [1.54, 1.807) is 31.4 Å². The van der Waals surface area contributed by atoms with Gasteiger partial charge in [0.25, 0.3) is 0 Å². The largest absolute Gasteiger partial charge is 0.497 e. The molecule has 0 heterocycles. The van der Waals surface area contributed by atoms with Crippen molar-refractivity contribution < 1.29 is 9.53 Å². The van der Waals surface area contributed by atoms with Crippen LogP contribution < -0.4 is 4.74 Å². The molecule has 0 aromatic heterocycles. The highest BCUT2D eigenvalue weighted by atomic mass is 16.5. The number of rotatable bonds is 4. The van der Waals surface area contributed by atoms with E-state index < -0.39 is 5.41 Å². The average molecular weight is 277 g/mol. The van der Waals surface area contributed by atoms with Crippen LogP contribution in [0.2, 0.25) is 0 Å². The molecule has 3 nitrogen and oxygen atoms in total. The van der Waals surface area contributed by atoms with Crippen LogP contribution in [0.25, 0.3) is 0 Å². The molecular weight excluding hydrogens is 262 g/mol. The van der Waals surface area contributed by atoms with Crippen molar-refractivity contribution in [3.63, 3.8) is 0 Å². The molecule has 3 heteroatoms. The number of carbonyl (C=O) groups excluding carboxylic acids is 1. The van der Waals surface area contributed by atoms with Crippen molar-refractivity contribution in [1.82, 2.24) is 0 Å². The topological polar surface area (TPSA) is 50.1 Å². The smallest absolute Gasteiger partial charge is 0.183 e. The van der Waals surface area contributed by atoms with Gasteiger partial charge in [-0.3, -0.25) is 4.79 Å². The van der Waals surface area contributed by atoms with Gasteiger partial charge >= 0.3 is 0 Å². The zero-order chi connectivity index (χ0) is 14.9. The van der Waals surface area contributed by atoms with Gasteiger partial charge in [0.05, 0.1) is 13.2 Å². The SMILES string of the molecule is COc1ccc(C(=O)[C@]2(C#N)C[C@H]2c2ccccc2)cc1. The Labute approximate surface area is 123 Å². The Kier molecular flexibility index (Phi) is 3.23. The molecule has 1 aliphatic rings. The molecule has 0 saturated heterocycles. The van der Waals surface area contributed by atoms with Crippen molar-refractivity contribution in [3.05, 3.63) is 65.7 Å². The van der Waals surface area contributed by atoms with Crippen molar-refractivity contribution in [3.8, 4) is 11.8 Å². The van der Waals surface area contributed by atoms with E-state index in [1.807, 2.05) is 30.3 Å². The van der Waals surface area contributed by atoms with Crippen LogP contribution in [0, 0.1) is 16.7 Å². The van der Waals surface area contributed by atoms with Crippen LogP contribution in [-0.2, 0) is 0 Å². The maximum Gasteiger partial charge on any atom is 0.183 e. The Morgan fingerprint density at radius 1 is 1.19 bits per heavy atom. The first-order valence-corrected chi connectivity index (χ1v) is 6.86. The fourth-order valence-corrected chi connectivity index (χ4v) is 2.78. The summed E-state index contributed by atoms with van der Waals surface area (Å²) in [5.74, 6) is 0.604. The third-order valence-electron chi connectivity index (χ3n) is 4.12. The van der Waals surface area contributed by atoms with Gasteiger partial charge in [0.1, 0.15) is 11.2 Å². The lowest BCUT2D eigenvalue weighted by Crippen LogP contribution is -2.16. The summed E-state index contributed by atoms with van der Waals surface area (Å²) in [7, 11) is 1.58. The van der Waals surface area contributed by atoms with E-state index in [0.29, 0.717) is 17.7 Å². The molecule has 2 atom stereocenters. The fraction of sp³-hybridized carbons (Fsp3) is 0.222. The first-order chi connectivity index (χ1) is 10.2. The lowest BCUT2D eigenvalue weighted by Gasteiger charge is -2.09. The molecule has 104 valence electrons. The number of benzene rings is 2. The highest BCUT2D eigenvalue weighted by Gasteiger charge is 2.61. The number of carbonyl (C=O) groups is 1. The van der Waals surface area contributed by atoms with Crippen molar-refractivity contribution >= 4 is 5.78 Å². The molecule has 3 rings (SSSR count). The molecule has 1 saturated carbocycles. The molecule has 1 fully saturated rings. The fourth-order valence-electron chi connectivity index (χ4n) is 2.78. The van der Waals surface area contributed by atoms with Crippen LogP contribution in [0.15, 0.2) is 54.6 Å². The Hall–Kier alpha value is -2.60. The van der Waals surface area contributed by atoms with Crippen LogP contribution in [0.3, 0.4) is 0 Å². The molecule has 2 aromatic rings. The van der Waals surface area contributed by atoms with E-state index in [-0.39, 0.29) is 11.7 Å². The molecular formula is C18H15NO2. The van der Waals surface area contributed by atoms with Gasteiger partial charge in [0, 0.05) is 11.5 Å². The summed E-state index contributed by atoms with van der Waals surface area (Å²) in [6.45, 7) is 0. The van der Waals surface area contributed by atoms with Crippen LogP contribution in [0.1, 0.15) is 28.3 Å². The summed E-state index contributed by atoms with van der Waals surface area (Å²) in [4.78, 5) is 12.7. The van der Waals surface area contributed by atoms with Crippen molar-refractivity contribution in [2.75, 3.05) is 7.11 Å². The molecule has 1 aliphatic carbocycles. The second kappa shape index (κ2) is 5.06. The summed E-state index contributed by atoms with van der Waals surface area (Å²) < 4.78 is 5.09. The zero-order valence-electron chi connectivity index (χ0n) is 11.7. The maximum atomic E-state index is 12.7. The molecule has 21 heavy (non-hydrogen) atoms. The lowest BCUT2D eigenvalue weighted by molar-refractivity contribution is 0.0931. The van der Waals surface area contributed by atoms with Gasteiger partial charge in [-0.05, 0) is 36.2 Å². The van der Waals surface area contributed by atoms with E-state index >= 15 is 0 Å². The molecule has 0 N–H and O–H groups in total. The summed E-state index contributed by atoms with van der Waals surface area (Å²) in [6.07, 6.45) is 0.596. The van der Waals surface area contributed by atoms with Crippen molar-refractivity contribution in [2.24, 2.45) is 5.41 Å². The molecule has 0 unspecified atom stereocenters. The Bertz CT molecular complexity index is 700. The van der Waals surface area contributed by atoms with E-state index in [9.17, 15) is 10.1 Å². The monoisotopic (exact) mass is 277 g/mol. The van der Waals surface area contributed by atoms with E-state index in [2.05, 4.69) is 6.07 Å². The van der Waals surface area contributed by atoms with E-state index in [0.717, 1.165) is 5.56 Å². The summed E-state index contributed by atoms with van der Waals surface area (Å²) in [5.41, 5.74) is 0.715. The highest BCUT2D eigenvalue weighted by Crippen LogP contribution is 2.60. The number of nitriles is 1. The number of methoxy groups -OCH3 is 1. The normalized spacial score (nSPS) is 23.1. The second-order valence-corrected chi connectivity index (χ2v) is 5.31. The van der Waals surface area contributed by atoms with Gasteiger partial charge in [-0.2, -0.15) is 5.26 Å². The lowest BCUT2D eigenvalue weighted by atomic mass is 9.91. The van der Waals surface area contributed by atoms with Crippen LogP contribution >= 0.6 is 0 Å². The minimum atomic E-state index is -0.907. The van der Waals surface area contributed by atoms with Gasteiger partial charge in [-0.15, -0.1) is 0 Å². The minimum Gasteiger partial charge on any atom is -0.497 e. The predicted octanol–water partition coefficient (Wildman–Crippen LogP) is 3.58. The number of Topliss-reactive ketones (excluding diaryl/α,β-unsaturated/α-hetero) is 1. The molecule has 2 aromatic carbocycles. The van der Waals surface area contributed by atoms with Gasteiger partial charge in [0.2, 0.25) is 0 Å². The second-order valence-electron chi connectivity index (χ2n) is 5.31. The van der Waals surface area contributed by atoms with Crippen LogP contribution in [0.4, 0.5) is 0 Å². The number of nitrogens with zero attached hydrogens (tertiary/aromatic N) is 1. The van der Waals surface area contributed by atoms with Gasteiger partial charge < -0.3 is 4.74 Å². The Balaban J connectivity index is 1.88. The molecule has 0 bridgehead atoms. The van der Waals surface area contributed by atoms with Gasteiger partial charge in [0.15, 0.2) is 5.78 Å². The van der Waals surface area contributed by atoms with E-state index in [4.69, 9.17) is 4.74 Å². The van der Waals surface area contributed by atoms with Crippen molar-refractivity contribution in [2.45, 2.75) is 12.3 Å². The van der Waals surface area contributed by atoms with Crippen molar-refractivity contribution in [1.29, 1.82) is 5.26 Å². The minimum absolute atomic E-state index is 0.00157. The zero-order valence-corrected chi connectivity index (χ0v) is 11.7. The predicted molar refractivity (Wildman–Crippen MR) is 79.2 cm³/mol. The number of ketones is 1. The number of hydrogen-bond acceptors (Lipinski definition) is 3. The first kappa shape index (κ1) is 13.4. The maximum absolute atomic E-state index is 12.7. The van der Waals surface area contributed by atoms with Crippen LogP contribution in [-0.4, -0.2) is 12.9 Å². The Morgan fingerprint density at radius 2 is 1.86 bits per heavy atom. The number of ether oxygens (including phenoxy) is 1. The standard InChI is InChI=1S/C18H15NO2/c1-21-15-9-7-14(8-10-15)17(20)18(12-19)11-16(18)13-5-3-2-4-6-13/h2-10,16H,11H2,1H3/t16-,18-/m0/s1. The molecule has 0 radical (unpaired) electrons. The highest BCUT2D eigenvalue weighted by molar-refractivity contribution is 6.05. The van der Waals surface area contributed by atoms with Gasteiger partial charge in [-0.1, -0.05) is 30.3 Å². The quantitative estimate of drug-likeness (QED) is 0.803. The third kappa shape index (κ3) is 2.19. The summed E-state index contributed by atoms with van der Waals surface area (Å²) in [5, 5.41) is 9.53. The molecule has 0 aliphatic heterocycles. The summed E-state index contributed by atoms with van der Waals surface area (Å²) in [6, 6.07) is 19.0. The summed E-state index contributed by atoms with van der Waals surface area (Å²) >= 11 is 0.